The van der Waals surface area contributed by atoms with Crippen molar-refractivity contribution in [2.24, 2.45) is 11.7 Å². The van der Waals surface area contributed by atoms with E-state index in [2.05, 4.69) is 10.3 Å². The Bertz CT molecular complexity index is 985. The van der Waals surface area contributed by atoms with E-state index in [4.69, 9.17) is 5.73 Å². The minimum absolute atomic E-state index is 0.147. The maximum Gasteiger partial charge on any atom is 0.328 e. The number of thiazole rings is 1. The zero-order valence-corrected chi connectivity index (χ0v) is 19.4. The summed E-state index contributed by atoms with van der Waals surface area (Å²) >= 11 is 1.01. The van der Waals surface area contributed by atoms with Crippen LogP contribution in [0.15, 0.2) is 12.1 Å². The highest BCUT2D eigenvalue weighted by molar-refractivity contribution is 7.18. The second kappa shape index (κ2) is 9.60. The summed E-state index contributed by atoms with van der Waals surface area (Å²) in [5.41, 5.74) is 9.79. The molecule has 0 atom stereocenters. The molecule has 1 fully saturated rings. The second-order valence-electron chi connectivity index (χ2n) is 8.41. The van der Waals surface area contributed by atoms with Gasteiger partial charge in [-0.3, -0.25) is 9.59 Å². The molecule has 4 amide bonds. The van der Waals surface area contributed by atoms with Crippen molar-refractivity contribution in [1.82, 2.24) is 4.98 Å². The fourth-order valence-corrected chi connectivity index (χ4v) is 5.27. The Morgan fingerprint density at radius 2 is 1.71 bits per heavy atom. The number of primary amides is 1. The Hall–Kier alpha value is -2.74. The van der Waals surface area contributed by atoms with Crippen LogP contribution in [0.25, 0.3) is 0 Å². The maximum atomic E-state index is 13.0. The summed E-state index contributed by atoms with van der Waals surface area (Å²) in [5, 5.41) is 3.10. The molecule has 7 nitrogen and oxygen atoms in total. The average molecular weight is 443 g/mol. The molecule has 0 bridgehead atoms. The molecule has 1 heterocycles. The van der Waals surface area contributed by atoms with E-state index in [1.807, 2.05) is 32.9 Å². The van der Waals surface area contributed by atoms with E-state index in [0.29, 0.717) is 10.6 Å². The first-order valence-corrected chi connectivity index (χ1v) is 11.5. The summed E-state index contributed by atoms with van der Waals surface area (Å²) < 4.78 is 0. The molecule has 3 N–H and O–H groups in total. The summed E-state index contributed by atoms with van der Waals surface area (Å²) in [7, 11) is 0. The highest BCUT2D eigenvalue weighted by atomic mass is 32.1. The minimum atomic E-state index is -0.869. The van der Waals surface area contributed by atoms with Crippen molar-refractivity contribution in [1.29, 1.82) is 0 Å². The number of aromatic nitrogens is 1. The molecule has 0 spiro atoms. The van der Waals surface area contributed by atoms with Gasteiger partial charge in [0.1, 0.15) is 4.88 Å². The van der Waals surface area contributed by atoms with Crippen molar-refractivity contribution in [2.45, 2.75) is 66.2 Å². The number of carbonyl (C=O) groups is 3. The molecule has 31 heavy (non-hydrogen) atoms. The lowest BCUT2D eigenvalue weighted by Gasteiger charge is -2.23. The number of hydrogen-bond donors (Lipinski definition) is 2. The smallest absolute Gasteiger partial charge is 0.328 e. The predicted molar refractivity (Wildman–Crippen MR) is 124 cm³/mol. The van der Waals surface area contributed by atoms with E-state index >= 15 is 0 Å². The molecule has 0 radical (unpaired) electrons. The molecule has 1 aliphatic rings. The van der Waals surface area contributed by atoms with E-state index in [-0.39, 0.29) is 29.3 Å². The van der Waals surface area contributed by atoms with Crippen molar-refractivity contribution < 1.29 is 14.4 Å². The number of imide groups is 1. The van der Waals surface area contributed by atoms with Crippen LogP contribution in [0.1, 0.15) is 70.6 Å². The zero-order chi connectivity index (χ0) is 22.7. The van der Waals surface area contributed by atoms with Crippen LogP contribution in [0.5, 0.6) is 0 Å². The van der Waals surface area contributed by atoms with Gasteiger partial charge in [-0.25, -0.2) is 14.7 Å². The number of carbonyl (C=O) groups excluding carboxylic acids is 3. The monoisotopic (exact) mass is 442 g/mol. The quantitative estimate of drug-likeness (QED) is 0.679. The third kappa shape index (κ3) is 5.31. The topological polar surface area (TPSA) is 105 Å². The van der Waals surface area contributed by atoms with E-state index in [1.54, 1.807) is 6.92 Å². The van der Waals surface area contributed by atoms with Crippen molar-refractivity contribution in [2.75, 3.05) is 10.2 Å². The third-order valence-electron chi connectivity index (χ3n) is 5.76. The highest BCUT2D eigenvalue weighted by Crippen LogP contribution is 2.31. The SMILES string of the molecule is Cc1cc(C)c(NC(=O)c2sc(N(C(N)=O)C(=O)CC3CCCCC3)nc2C)c(C)c1. The number of urea groups is 1. The Balaban J connectivity index is 1.81. The number of aryl methyl sites for hydroxylation is 4. The third-order valence-corrected chi connectivity index (χ3v) is 6.90. The fraction of sp³-hybridized carbons (Fsp3) is 0.478. The Labute approximate surface area is 187 Å². The highest BCUT2D eigenvalue weighted by Gasteiger charge is 2.29. The van der Waals surface area contributed by atoms with Crippen molar-refractivity contribution >= 4 is 40.0 Å². The van der Waals surface area contributed by atoms with Crippen molar-refractivity contribution in [3.05, 3.63) is 39.4 Å². The minimum Gasteiger partial charge on any atom is -0.351 e. The van der Waals surface area contributed by atoms with Gasteiger partial charge in [-0.2, -0.15) is 0 Å². The van der Waals surface area contributed by atoms with Gasteiger partial charge >= 0.3 is 6.03 Å². The molecule has 3 rings (SSSR count). The first kappa shape index (κ1) is 22.9. The van der Waals surface area contributed by atoms with Gasteiger partial charge in [0.25, 0.3) is 5.91 Å². The molecular weight excluding hydrogens is 412 g/mol. The first-order valence-electron chi connectivity index (χ1n) is 10.7. The van der Waals surface area contributed by atoms with E-state index in [1.165, 1.54) is 6.42 Å². The van der Waals surface area contributed by atoms with Crippen LogP contribution in [0.3, 0.4) is 0 Å². The maximum absolute atomic E-state index is 13.0. The van der Waals surface area contributed by atoms with Crippen molar-refractivity contribution in [3.8, 4) is 0 Å². The molecule has 0 aliphatic heterocycles. The number of nitrogens with one attached hydrogen (secondary N) is 1. The van der Waals surface area contributed by atoms with Gasteiger partial charge in [0.05, 0.1) is 5.69 Å². The number of rotatable bonds is 5. The Morgan fingerprint density at radius 1 is 1.10 bits per heavy atom. The normalized spacial score (nSPS) is 14.3. The van der Waals surface area contributed by atoms with E-state index in [9.17, 15) is 14.4 Å². The van der Waals surface area contributed by atoms with Gasteiger partial charge in [-0.15, -0.1) is 0 Å². The summed E-state index contributed by atoms with van der Waals surface area (Å²) in [6.07, 6.45) is 5.63. The number of anilines is 2. The van der Waals surface area contributed by atoms with Crippen LogP contribution in [0, 0.1) is 33.6 Å². The molecule has 8 heteroatoms. The van der Waals surface area contributed by atoms with Crippen LogP contribution in [-0.2, 0) is 4.79 Å². The van der Waals surface area contributed by atoms with Gasteiger partial charge in [-0.05, 0) is 57.6 Å². The van der Waals surface area contributed by atoms with Gasteiger partial charge in [0.2, 0.25) is 11.0 Å². The summed E-state index contributed by atoms with van der Waals surface area (Å²) in [4.78, 5) is 43.5. The summed E-state index contributed by atoms with van der Waals surface area (Å²) in [6.45, 7) is 7.58. The van der Waals surface area contributed by atoms with E-state index in [0.717, 1.165) is 64.3 Å². The van der Waals surface area contributed by atoms with Crippen LogP contribution in [0.2, 0.25) is 0 Å². The second-order valence-corrected chi connectivity index (χ2v) is 9.39. The standard InChI is InChI=1S/C23H30N4O3S/c1-13-10-14(2)19(15(3)11-13)26-21(29)20-16(4)25-23(31-20)27(22(24)30)18(28)12-17-8-6-5-7-9-17/h10-11,17H,5-9,12H2,1-4H3,(H2,24,30)(H,26,29). The molecule has 0 unspecified atom stereocenters. The Kier molecular flexibility index (Phi) is 7.10. The fourth-order valence-electron chi connectivity index (χ4n) is 4.29. The lowest BCUT2D eigenvalue weighted by atomic mass is 9.87. The van der Waals surface area contributed by atoms with Gasteiger partial charge < -0.3 is 11.1 Å². The largest absolute Gasteiger partial charge is 0.351 e. The molecule has 1 aliphatic carbocycles. The summed E-state index contributed by atoms with van der Waals surface area (Å²) in [6, 6.07) is 3.14. The van der Waals surface area contributed by atoms with Crippen LogP contribution in [0.4, 0.5) is 15.6 Å². The molecule has 0 saturated heterocycles. The van der Waals surface area contributed by atoms with Crippen LogP contribution in [-0.4, -0.2) is 22.8 Å². The molecule has 2 aromatic rings. The van der Waals surface area contributed by atoms with Crippen LogP contribution < -0.4 is 16.0 Å². The van der Waals surface area contributed by atoms with Gasteiger partial charge in [0.15, 0.2) is 0 Å². The number of hydrogen-bond acceptors (Lipinski definition) is 5. The average Bonchev–Trinajstić information content (AvgIpc) is 3.06. The lowest BCUT2D eigenvalue weighted by molar-refractivity contribution is -0.119. The Morgan fingerprint density at radius 3 is 2.29 bits per heavy atom. The van der Waals surface area contributed by atoms with Crippen LogP contribution >= 0.6 is 11.3 Å². The van der Waals surface area contributed by atoms with Crippen molar-refractivity contribution in [3.63, 3.8) is 0 Å². The number of nitrogens with zero attached hydrogens (tertiary/aromatic N) is 2. The molecule has 1 aromatic heterocycles. The lowest BCUT2D eigenvalue weighted by Crippen LogP contribution is -2.41. The predicted octanol–water partition coefficient (Wildman–Crippen LogP) is 5.01. The number of amides is 4. The number of nitrogens with two attached hydrogens (primary N) is 1. The zero-order valence-electron chi connectivity index (χ0n) is 18.6. The molecule has 166 valence electrons. The summed E-state index contributed by atoms with van der Waals surface area (Å²) in [5.74, 6) is -0.412. The molecule has 1 saturated carbocycles. The van der Waals surface area contributed by atoms with Gasteiger partial charge in [-0.1, -0.05) is 48.3 Å². The van der Waals surface area contributed by atoms with E-state index < -0.39 is 6.03 Å². The first-order chi connectivity index (χ1) is 14.7. The molecular formula is C23H30N4O3S. The number of benzene rings is 1. The molecule has 1 aromatic carbocycles. The van der Waals surface area contributed by atoms with Gasteiger partial charge in [0, 0.05) is 12.1 Å².